The molecule has 0 saturated carbocycles. The molecule has 1 unspecified atom stereocenters. The average molecular weight is 320 g/mol. The third-order valence-electron chi connectivity index (χ3n) is 4.37. The van der Waals surface area contributed by atoms with E-state index in [-0.39, 0.29) is 6.04 Å². The van der Waals surface area contributed by atoms with Crippen molar-refractivity contribution in [3.63, 3.8) is 0 Å². The molecule has 0 spiro atoms. The minimum absolute atomic E-state index is 0.102. The molecule has 1 aromatic rings. The Morgan fingerprint density at radius 2 is 2.17 bits per heavy atom. The lowest BCUT2D eigenvalue weighted by Gasteiger charge is -2.27. The molecular formula is C18H32N4O. The van der Waals surface area contributed by atoms with Crippen LogP contribution in [0.15, 0.2) is 21.5 Å². The van der Waals surface area contributed by atoms with E-state index >= 15 is 0 Å². The number of nitrogens with one attached hydrogen (secondary N) is 2. The zero-order chi connectivity index (χ0) is 16.8. The van der Waals surface area contributed by atoms with E-state index in [9.17, 15) is 0 Å². The summed E-state index contributed by atoms with van der Waals surface area (Å²) in [5.41, 5.74) is 0. The Bertz CT molecular complexity index is 509. The maximum atomic E-state index is 5.68. The number of hydrogen-bond acceptors (Lipinski definition) is 3. The van der Waals surface area contributed by atoms with Crippen LogP contribution in [-0.4, -0.2) is 43.6 Å². The van der Waals surface area contributed by atoms with E-state index in [1.807, 2.05) is 26.1 Å². The van der Waals surface area contributed by atoms with Crippen LogP contribution in [0.1, 0.15) is 51.2 Å². The first kappa shape index (κ1) is 17.9. The molecule has 23 heavy (non-hydrogen) atoms. The van der Waals surface area contributed by atoms with Gasteiger partial charge in [0.1, 0.15) is 11.5 Å². The fourth-order valence-corrected chi connectivity index (χ4v) is 3.21. The molecule has 2 N–H and O–H groups in total. The van der Waals surface area contributed by atoms with Crippen LogP contribution in [0, 0.1) is 12.8 Å². The molecule has 1 aromatic heterocycles. The van der Waals surface area contributed by atoms with Crippen LogP contribution in [0.2, 0.25) is 0 Å². The van der Waals surface area contributed by atoms with E-state index in [1.165, 1.54) is 25.9 Å². The van der Waals surface area contributed by atoms with Crippen LogP contribution < -0.4 is 10.6 Å². The van der Waals surface area contributed by atoms with Crippen LogP contribution in [0.4, 0.5) is 0 Å². The van der Waals surface area contributed by atoms with Crippen molar-refractivity contribution in [3.8, 4) is 0 Å². The normalized spacial score (nSPS) is 21.0. The van der Waals surface area contributed by atoms with Gasteiger partial charge in [-0.1, -0.05) is 13.8 Å². The predicted octanol–water partition coefficient (Wildman–Crippen LogP) is 2.93. The number of hydrogen-bond donors (Lipinski definition) is 2. The van der Waals surface area contributed by atoms with Gasteiger partial charge in [0.15, 0.2) is 5.96 Å². The fraction of sp³-hybridized carbons (Fsp3) is 0.722. The van der Waals surface area contributed by atoms with Crippen molar-refractivity contribution in [1.82, 2.24) is 15.5 Å². The third kappa shape index (κ3) is 5.27. The topological polar surface area (TPSA) is 52.8 Å². The summed E-state index contributed by atoms with van der Waals surface area (Å²) < 4.78 is 5.68. The van der Waals surface area contributed by atoms with Crippen LogP contribution in [-0.2, 0) is 0 Å². The molecule has 0 aliphatic carbocycles. The van der Waals surface area contributed by atoms with E-state index in [1.54, 1.807) is 0 Å². The molecule has 0 radical (unpaired) electrons. The number of aliphatic imine (C=N–C) groups is 1. The second kappa shape index (κ2) is 8.39. The highest BCUT2D eigenvalue weighted by atomic mass is 16.3. The van der Waals surface area contributed by atoms with Crippen molar-refractivity contribution < 1.29 is 4.42 Å². The van der Waals surface area contributed by atoms with E-state index < -0.39 is 0 Å². The van der Waals surface area contributed by atoms with Gasteiger partial charge in [0.25, 0.3) is 0 Å². The van der Waals surface area contributed by atoms with E-state index in [4.69, 9.17) is 4.42 Å². The summed E-state index contributed by atoms with van der Waals surface area (Å²) in [4.78, 5) is 6.94. The molecule has 130 valence electrons. The largest absolute Gasteiger partial charge is 0.464 e. The first-order valence-corrected chi connectivity index (χ1v) is 8.77. The second-order valence-corrected chi connectivity index (χ2v) is 6.95. The Labute approximate surface area is 140 Å². The van der Waals surface area contributed by atoms with Crippen LogP contribution in [0.3, 0.4) is 0 Å². The molecule has 1 fully saturated rings. The number of nitrogens with zero attached hydrogens (tertiary/aromatic N) is 2. The molecule has 1 aliphatic heterocycles. The third-order valence-corrected chi connectivity index (χ3v) is 4.37. The zero-order valence-corrected chi connectivity index (χ0v) is 15.2. The molecule has 2 heterocycles. The summed E-state index contributed by atoms with van der Waals surface area (Å²) in [5.74, 6) is 3.43. The van der Waals surface area contributed by atoms with E-state index in [2.05, 4.69) is 41.3 Å². The quantitative estimate of drug-likeness (QED) is 0.625. The van der Waals surface area contributed by atoms with Crippen molar-refractivity contribution >= 4 is 5.96 Å². The number of likely N-dealkylation sites (tertiary alicyclic amines) is 1. The maximum Gasteiger partial charge on any atom is 0.191 e. The Morgan fingerprint density at radius 3 is 2.78 bits per heavy atom. The Morgan fingerprint density at radius 1 is 1.39 bits per heavy atom. The van der Waals surface area contributed by atoms with Gasteiger partial charge in [0.2, 0.25) is 0 Å². The molecule has 2 atom stereocenters. The van der Waals surface area contributed by atoms with Gasteiger partial charge in [-0.3, -0.25) is 9.89 Å². The second-order valence-electron chi connectivity index (χ2n) is 6.95. The first-order valence-electron chi connectivity index (χ1n) is 8.77. The highest BCUT2D eigenvalue weighted by Crippen LogP contribution is 2.18. The molecular weight excluding hydrogens is 288 g/mol. The molecule has 2 rings (SSSR count). The molecule has 0 amide bonds. The highest BCUT2D eigenvalue weighted by Gasteiger charge is 2.25. The van der Waals surface area contributed by atoms with Crippen LogP contribution >= 0.6 is 0 Å². The van der Waals surface area contributed by atoms with Crippen molar-refractivity contribution in [2.45, 2.75) is 52.6 Å². The fourth-order valence-electron chi connectivity index (χ4n) is 3.21. The first-order chi connectivity index (χ1) is 11.0. The Balaban J connectivity index is 1.83. The number of guanidine groups is 1. The molecule has 1 saturated heterocycles. The van der Waals surface area contributed by atoms with E-state index in [0.717, 1.165) is 29.9 Å². The summed E-state index contributed by atoms with van der Waals surface area (Å²) in [7, 11) is 1.82. The monoisotopic (exact) mass is 320 g/mol. The van der Waals surface area contributed by atoms with Gasteiger partial charge in [-0.05, 0) is 51.3 Å². The van der Waals surface area contributed by atoms with Gasteiger partial charge in [0.05, 0.1) is 6.04 Å². The molecule has 0 bridgehead atoms. The summed E-state index contributed by atoms with van der Waals surface area (Å²) in [6.07, 6.45) is 2.57. The zero-order valence-electron chi connectivity index (χ0n) is 15.2. The predicted molar refractivity (Wildman–Crippen MR) is 95.8 cm³/mol. The van der Waals surface area contributed by atoms with Gasteiger partial charge in [-0.25, -0.2) is 0 Å². The average Bonchev–Trinajstić information content (AvgIpc) is 3.12. The Hall–Kier alpha value is -1.49. The molecule has 0 aromatic carbocycles. The summed E-state index contributed by atoms with van der Waals surface area (Å²) in [6, 6.07) is 4.72. The number of furan rings is 1. The smallest absolute Gasteiger partial charge is 0.191 e. The maximum absolute atomic E-state index is 5.68. The highest BCUT2D eigenvalue weighted by molar-refractivity contribution is 5.80. The Kier molecular flexibility index (Phi) is 6.51. The van der Waals surface area contributed by atoms with Crippen molar-refractivity contribution in [3.05, 3.63) is 23.7 Å². The lowest BCUT2D eigenvalue weighted by atomic mass is 10.1. The van der Waals surface area contributed by atoms with Crippen molar-refractivity contribution in [1.29, 1.82) is 0 Å². The standard InChI is InChI=1S/C18H32N4O/c1-13(2)12-22-10-6-7-16(22)11-20-18(19-5)21-15(4)17-9-8-14(3)23-17/h8-9,13,15-16H,6-7,10-12H2,1-5H3,(H2,19,20,21)/t15?,16-/m1/s1. The van der Waals surface area contributed by atoms with Crippen molar-refractivity contribution in [2.24, 2.45) is 10.9 Å². The number of rotatable bonds is 6. The van der Waals surface area contributed by atoms with Gasteiger partial charge >= 0.3 is 0 Å². The minimum atomic E-state index is 0.102. The molecule has 5 nitrogen and oxygen atoms in total. The van der Waals surface area contributed by atoms with Crippen LogP contribution in [0.25, 0.3) is 0 Å². The molecule has 1 aliphatic rings. The van der Waals surface area contributed by atoms with Gasteiger partial charge in [-0.2, -0.15) is 0 Å². The van der Waals surface area contributed by atoms with Crippen LogP contribution in [0.5, 0.6) is 0 Å². The SMILES string of the molecule is CN=C(NC[C@H]1CCCN1CC(C)C)NC(C)c1ccc(C)o1. The van der Waals surface area contributed by atoms with Crippen molar-refractivity contribution in [2.75, 3.05) is 26.7 Å². The minimum Gasteiger partial charge on any atom is -0.464 e. The summed E-state index contributed by atoms with van der Waals surface area (Å²) in [6.45, 7) is 12.0. The summed E-state index contributed by atoms with van der Waals surface area (Å²) >= 11 is 0. The van der Waals surface area contributed by atoms with E-state index in [0.29, 0.717) is 6.04 Å². The molecule has 5 heteroatoms. The number of aryl methyl sites for hydroxylation is 1. The van der Waals surface area contributed by atoms with Gasteiger partial charge in [0, 0.05) is 26.2 Å². The lowest BCUT2D eigenvalue weighted by Crippen LogP contribution is -2.46. The van der Waals surface area contributed by atoms with Gasteiger partial charge < -0.3 is 15.1 Å². The summed E-state index contributed by atoms with van der Waals surface area (Å²) in [5, 5.41) is 6.88. The van der Waals surface area contributed by atoms with Gasteiger partial charge in [-0.15, -0.1) is 0 Å². The lowest BCUT2D eigenvalue weighted by molar-refractivity contribution is 0.226.